The van der Waals surface area contributed by atoms with Crippen LogP contribution >= 0.6 is 15.9 Å². The molecule has 2 aromatic rings. The van der Waals surface area contributed by atoms with Gasteiger partial charge in [-0.25, -0.2) is 4.98 Å². The predicted molar refractivity (Wildman–Crippen MR) is 73.6 cm³/mol. The molecule has 94 valence electrons. The normalized spacial score (nSPS) is 10.6. The van der Waals surface area contributed by atoms with Crippen molar-refractivity contribution in [1.29, 1.82) is 0 Å². The summed E-state index contributed by atoms with van der Waals surface area (Å²) < 4.78 is 0.841. The molecule has 0 fully saturated rings. The van der Waals surface area contributed by atoms with Crippen LogP contribution in [0.2, 0.25) is 0 Å². The van der Waals surface area contributed by atoms with Gasteiger partial charge in [0.15, 0.2) is 0 Å². The molecule has 18 heavy (non-hydrogen) atoms. The predicted octanol–water partition coefficient (Wildman–Crippen LogP) is 2.28. The van der Waals surface area contributed by atoms with Gasteiger partial charge in [-0.05, 0) is 18.2 Å². The highest BCUT2D eigenvalue weighted by molar-refractivity contribution is 9.10. The second-order valence-electron chi connectivity index (χ2n) is 3.65. The van der Waals surface area contributed by atoms with Crippen molar-refractivity contribution in [1.82, 2.24) is 4.98 Å². The average molecular weight is 311 g/mol. The number of hydrogen-bond donors (Lipinski definition) is 2. The van der Waals surface area contributed by atoms with Gasteiger partial charge in [0.1, 0.15) is 11.9 Å². The van der Waals surface area contributed by atoms with Gasteiger partial charge in [0.05, 0.1) is 10.4 Å². The molecule has 0 spiro atoms. The number of rotatable bonds is 4. The van der Waals surface area contributed by atoms with Gasteiger partial charge in [-0.1, -0.05) is 15.9 Å². The van der Waals surface area contributed by atoms with Crippen LogP contribution in [-0.4, -0.2) is 23.0 Å². The van der Waals surface area contributed by atoms with Gasteiger partial charge in [-0.2, -0.15) is 0 Å². The molecule has 0 radical (unpaired) electrons. The first-order valence-electron chi connectivity index (χ1n) is 5.30. The SMILES string of the molecule is NCCNc1c([N+](=O)[O-])cnc2ccc(Br)cc12. The zero-order valence-corrected chi connectivity index (χ0v) is 11.0. The standard InChI is InChI=1S/C11H11BrN4O2/c12-7-1-2-9-8(5-7)11(14-4-3-13)10(6-15-9)16(17)18/h1-2,5-6H,3-4,13H2,(H,14,15). The smallest absolute Gasteiger partial charge is 0.311 e. The van der Waals surface area contributed by atoms with Gasteiger partial charge in [0, 0.05) is 22.9 Å². The maximum absolute atomic E-state index is 11.0. The van der Waals surface area contributed by atoms with Crippen molar-refractivity contribution in [3.8, 4) is 0 Å². The number of aromatic nitrogens is 1. The Morgan fingerprint density at radius 2 is 2.28 bits per heavy atom. The number of nitrogens with two attached hydrogens (primary N) is 1. The molecule has 2 rings (SSSR count). The zero-order chi connectivity index (χ0) is 13.1. The molecule has 0 unspecified atom stereocenters. The Balaban J connectivity index is 2.66. The molecule has 0 saturated heterocycles. The first-order valence-corrected chi connectivity index (χ1v) is 6.09. The van der Waals surface area contributed by atoms with E-state index in [4.69, 9.17) is 5.73 Å². The number of nitrogens with one attached hydrogen (secondary N) is 1. The van der Waals surface area contributed by atoms with Crippen molar-refractivity contribution >= 4 is 38.2 Å². The van der Waals surface area contributed by atoms with Crippen LogP contribution in [-0.2, 0) is 0 Å². The minimum absolute atomic E-state index is 0.0472. The summed E-state index contributed by atoms with van der Waals surface area (Å²) in [5.74, 6) is 0. The summed E-state index contributed by atoms with van der Waals surface area (Å²) in [6.45, 7) is 0.863. The third-order valence-corrected chi connectivity index (χ3v) is 2.95. The summed E-state index contributed by atoms with van der Waals surface area (Å²) in [5, 5.41) is 14.7. The summed E-state index contributed by atoms with van der Waals surface area (Å²) >= 11 is 3.35. The van der Waals surface area contributed by atoms with Crippen LogP contribution in [0.1, 0.15) is 0 Å². The molecule has 1 aromatic carbocycles. The topological polar surface area (TPSA) is 94.1 Å². The maximum atomic E-state index is 11.0. The third-order valence-electron chi connectivity index (χ3n) is 2.45. The molecule has 0 aliphatic carbocycles. The Labute approximate surface area is 111 Å². The van der Waals surface area contributed by atoms with Gasteiger partial charge in [-0.15, -0.1) is 0 Å². The van der Waals surface area contributed by atoms with E-state index in [2.05, 4.69) is 26.2 Å². The van der Waals surface area contributed by atoms with Crippen LogP contribution in [0, 0.1) is 10.1 Å². The molecule has 0 atom stereocenters. The number of halogens is 1. The highest BCUT2D eigenvalue weighted by atomic mass is 79.9. The molecular formula is C11H11BrN4O2. The molecule has 6 nitrogen and oxygen atoms in total. The van der Waals surface area contributed by atoms with Crippen LogP contribution in [0.4, 0.5) is 11.4 Å². The summed E-state index contributed by atoms with van der Waals surface area (Å²) in [7, 11) is 0. The van der Waals surface area contributed by atoms with Crippen LogP contribution in [0.15, 0.2) is 28.9 Å². The highest BCUT2D eigenvalue weighted by Crippen LogP contribution is 2.32. The van der Waals surface area contributed by atoms with Crippen molar-refractivity contribution in [2.24, 2.45) is 5.73 Å². The molecule has 1 aromatic heterocycles. The molecule has 0 aliphatic rings. The molecule has 3 N–H and O–H groups in total. The number of benzene rings is 1. The molecule has 0 aliphatic heterocycles. The van der Waals surface area contributed by atoms with Crippen LogP contribution in [0.3, 0.4) is 0 Å². The fourth-order valence-electron chi connectivity index (χ4n) is 1.68. The van der Waals surface area contributed by atoms with Crippen molar-refractivity contribution in [3.05, 3.63) is 39.0 Å². The lowest BCUT2D eigenvalue weighted by atomic mass is 10.1. The van der Waals surface area contributed by atoms with E-state index in [9.17, 15) is 10.1 Å². The summed E-state index contributed by atoms with van der Waals surface area (Å²) in [6, 6.07) is 5.44. The van der Waals surface area contributed by atoms with Crippen molar-refractivity contribution in [2.75, 3.05) is 18.4 Å². The lowest BCUT2D eigenvalue weighted by molar-refractivity contribution is -0.384. The Morgan fingerprint density at radius 1 is 1.50 bits per heavy atom. The lowest BCUT2D eigenvalue weighted by Gasteiger charge is -2.09. The number of nitro groups is 1. The lowest BCUT2D eigenvalue weighted by Crippen LogP contribution is -2.14. The van der Waals surface area contributed by atoms with Crippen LogP contribution in [0.25, 0.3) is 10.9 Å². The number of hydrogen-bond acceptors (Lipinski definition) is 5. The Morgan fingerprint density at radius 3 is 2.94 bits per heavy atom. The van der Waals surface area contributed by atoms with Gasteiger partial charge >= 0.3 is 5.69 Å². The largest absolute Gasteiger partial charge is 0.378 e. The minimum atomic E-state index is -0.452. The fourth-order valence-corrected chi connectivity index (χ4v) is 2.04. The van der Waals surface area contributed by atoms with E-state index in [1.807, 2.05) is 6.07 Å². The van der Waals surface area contributed by atoms with E-state index in [1.165, 1.54) is 6.20 Å². The molecule has 7 heteroatoms. The first kappa shape index (κ1) is 12.7. The maximum Gasteiger partial charge on any atom is 0.311 e. The average Bonchev–Trinajstić information content (AvgIpc) is 2.35. The Kier molecular flexibility index (Phi) is 3.73. The van der Waals surface area contributed by atoms with E-state index >= 15 is 0 Å². The van der Waals surface area contributed by atoms with Crippen LogP contribution < -0.4 is 11.1 Å². The summed E-state index contributed by atoms with van der Waals surface area (Å²) in [4.78, 5) is 14.6. The monoisotopic (exact) mass is 310 g/mol. The van der Waals surface area contributed by atoms with Gasteiger partial charge < -0.3 is 11.1 Å². The second kappa shape index (κ2) is 5.28. The molecule has 0 saturated carbocycles. The number of fused-ring (bicyclic) bond motifs is 1. The van der Waals surface area contributed by atoms with Gasteiger partial charge in [0.2, 0.25) is 0 Å². The third kappa shape index (κ3) is 2.41. The Bertz CT molecular complexity index is 603. The van der Waals surface area contributed by atoms with E-state index in [-0.39, 0.29) is 5.69 Å². The number of nitrogens with zero attached hydrogens (tertiary/aromatic N) is 2. The molecule has 1 heterocycles. The van der Waals surface area contributed by atoms with E-state index in [0.717, 1.165) is 4.47 Å². The van der Waals surface area contributed by atoms with E-state index in [1.54, 1.807) is 12.1 Å². The van der Waals surface area contributed by atoms with Crippen molar-refractivity contribution in [3.63, 3.8) is 0 Å². The van der Waals surface area contributed by atoms with E-state index < -0.39 is 4.92 Å². The second-order valence-corrected chi connectivity index (χ2v) is 4.57. The van der Waals surface area contributed by atoms with Crippen molar-refractivity contribution in [2.45, 2.75) is 0 Å². The fraction of sp³-hybridized carbons (Fsp3) is 0.182. The molecule has 0 bridgehead atoms. The summed E-state index contributed by atoms with van der Waals surface area (Å²) in [5.41, 5.74) is 6.52. The Hall–Kier alpha value is -1.73. The van der Waals surface area contributed by atoms with Gasteiger partial charge in [0.25, 0.3) is 0 Å². The highest BCUT2D eigenvalue weighted by Gasteiger charge is 2.17. The van der Waals surface area contributed by atoms with E-state index in [0.29, 0.717) is 29.7 Å². The summed E-state index contributed by atoms with van der Waals surface area (Å²) in [6.07, 6.45) is 1.26. The van der Waals surface area contributed by atoms with Gasteiger partial charge in [-0.3, -0.25) is 10.1 Å². The van der Waals surface area contributed by atoms with Crippen molar-refractivity contribution < 1.29 is 4.92 Å². The minimum Gasteiger partial charge on any atom is -0.378 e. The quantitative estimate of drug-likeness (QED) is 0.667. The first-order chi connectivity index (χ1) is 8.63. The van der Waals surface area contributed by atoms with Crippen LogP contribution in [0.5, 0.6) is 0 Å². The zero-order valence-electron chi connectivity index (χ0n) is 9.39. The molecular weight excluding hydrogens is 300 g/mol. The number of anilines is 1. The number of pyridine rings is 1. The molecule has 0 amide bonds.